The van der Waals surface area contributed by atoms with Crippen LogP contribution in [0.1, 0.15) is 5.56 Å². The van der Waals surface area contributed by atoms with Gasteiger partial charge in [0.05, 0.1) is 0 Å². The fourth-order valence-electron chi connectivity index (χ4n) is 2.63. The van der Waals surface area contributed by atoms with Gasteiger partial charge in [0.25, 0.3) is 0 Å². The summed E-state index contributed by atoms with van der Waals surface area (Å²) < 4.78 is 5.94. The zero-order valence-electron chi connectivity index (χ0n) is 14.5. The molecule has 0 aliphatic carbocycles. The van der Waals surface area contributed by atoms with Gasteiger partial charge in [-0.1, -0.05) is 35.9 Å². The number of aryl methyl sites for hydroxylation is 1. The van der Waals surface area contributed by atoms with Gasteiger partial charge < -0.3 is 15.8 Å². The molecule has 0 aliphatic rings. The van der Waals surface area contributed by atoms with Gasteiger partial charge in [-0.05, 0) is 36.8 Å². The number of aromatic nitrogens is 3. The number of hydrogen-bond acceptors (Lipinski definition) is 6. The van der Waals surface area contributed by atoms with Crippen molar-refractivity contribution in [3.63, 3.8) is 0 Å². The van der Waals surface area contributed by atoms with Gasteiger partial charge in [0.2, 0.25) is 5.88 Å². The van der Waals surface area contributed by atoms with Gasteiger partial charge in [-0.2, -0.15) is 4.98 Å². The monoisotopic (exact) mass is 377 g/mol. The fourth-order valence-corrected chi connectivity index (χ4v) is 2.81. The van der Waals surface area contributed by atoms with Crippen molar-refractivity contribution in [2.24, 2.45) is 0 Å². The number of nitrogens with one attached hydrogen (secondary N) is 1. The summed E-state index contributed by atoms with van der Waals surface area (Å²) in [4.78, 5) is 12.7. The number of benzene rings is 2. The summed E-state index contributed by atoms with van der Waals surface area (Å²) in [6.07, 6.45) is 3.11. The molecule has 0 saturated heterocycles. The predicted octanol–water partition coefficient (Wildman–Crippen LogP) is 5.10. The van der Waals surface area contributed by atoms with Gasteiger partial charge in [-0.25, -0.2) is 4.98 Å². The number of halogens is 1. The zero-order valence-corrected chi connectivity index (χ0v) is 15.2. The largest absolute Gasteiger partial charge is 0.435 e. The van der Waals surface area contributed by atoms with Crippen LogP contribution >= 0.6 is 11.6 Å². The highest BCUT2D eigenvalue weighted by Crippen LogP contribution is 2.34. The van der Waals surface area contributed by atoms with Crippen molar-refractivity contribution in [2.75, 3.05) is 11.1 Å². The molecule has 6 nitrogen and oxygen atoms in total. The van der Waals surface area contributed by atoms with Gasteiger partial charge in [-0.3, -0.25) is 4.98 Å². The summed E-state index contributed by atoms with van der Waals surface area (Å²) in [7, 11) is 0. The minimum Gasteiger partial charge on any atom is -0.435 e. The van der Waals surface area contributed by atoms with Crippen molar-refractivity contribution in [3.05, 3.63) is 71.6 Å². The van der Waals surface area contributed by atoms with E-state index in [0.29, 0.717) is 22.3 Å². The van der Waals surface area contributed by atoms with E-state index in [4.69, 9.17) is 22.1 Å². The molecule has 7 heteroatoms. The van der Waals surface area contributed by atoms with Gasteiger partial charge in [0, 0.05) is 22.3 Å². The Kier molecular flexibility index (Phi) is 4.48. The molecule has 4 rings (SSSR count). The molecule has 2 aromatic heterocycles. The van der Waals surface area contributed by atoms with Crippen molar-refractivity contribution in [3.8, 4) is 11.6 Å². The van der Waals surface area contributed by atoms with Crippen LogP contribution in [0.2, 0.25) is 5.02 Å². The van der Waals surface area contributed by atoms with Gasteiger partial charge in [0.1, 0.15) is 17.5 Å². The van der Waals surface area contributed by atoms with E-state index in [1.54, 1.807) is 6.20 Å². The number of anilines is 3. The van der Waals surface area contributed by atoms with E-state index in [0.717, 1.165) is 22.2 Å². The van der Waals surface area contributed by atoms with Crippen LogP contribution in [0.25, 0.3) is 10.9 Å². The number of para-hydroxylation sites is 1. The maximum Gasteiger partial charge on any atom is 0.248 e. The van der Waals surface area contributed by atoms with Crippen LogP contribution in [-0.2, 0) is 0 Å². The third-order valence-electron chi connectivity index (χ3n) is 4.08. The number of nitrogens with zero attached hydrogens (tertiary/aromatic N) is 3. The summed E-state index contributed by atoms with van der Waals surface area (Å²) >= 11 is 6.18. The Morgan fingerprint density at radius 1 is 1.04 bits per heavy atom. The Balaban J connectivity index is 1.66. The normalized spacial score (nSPS) is 10.7. The molecule has 134 valence electrons. The molecule has 0 radical (unpaired) electrons. The average molecular weight is 378 g/mol. The predicted molar refractivity (Wildman–Crippen MR) is 108 cm³/mol. The van der Waals surface area contributed by atoms with E-state index in [9.17, 15) is 0 Å². The Bertz CT molecular complexity index is 1130. The number of nitrogens with two attached hydrogens (primary N) is 1. The number of ether oxygens (including phenoxy) is 1. The second kappa shape index (κ2) is 7.09. The lowest BCUT2D eigenvalue weighted by atomic mass is 10.2. The molecule has 4 aromatic rings. The molecule has 27 heavy (non-hydrogen) atoms. The van der Waals surface area contributed by atoms with E-state index in [1.165, 1.54) is 6.33 Å². The van der Waals surface area contributed by atoms with Crippen LogP contribution in [0, 0.1) is 6.92 Å². The van der Waals surface area contributed by atoms with Crippen LogP contribution in [0.15, 0.2) is 61.1 Å². The summed E-state index contributed by atoms with van der Waals surface area (Å²) in [6, 6.07) is 15.2. The van der Waals surface area contributed by atoms with Gasteiger partial charge in [0.15, 0.2) is 11.6 Å². The average Bonchev–Trinajstić information content (AvgIpc) is 2.68. The second-order valence-corrected chi connectivity index (χ2v) is 6.37. The van der Waals surface area contributed by atoms with Crippen LogP contribution in [0.4, 0.5) is 17.2 Å². The van der Waals surface area contributed by atoms with E-state index in [-0.39, 0.29) is 5.88 Å². The molecule has 0 unspecified atom stereocenters. The first-order chi connectivity index (χ1) is 13.1. The Labute approximate surface area is 161 Å². The quantitative estimate of drug-likeness (QED) is 0.514. The number of rotatable bonds is 4. The topological polar surface area (TPSA) is 86.0 Å². The van der Waals surface area contributed by atoms with Crippen LogP contribution in [0.5, 0.6) is 11.6 Å². The lowest BCUT2D eigenvalue weighted by Crippen LogP contribution is -2.03. The third-order valence-corrected chi connectivity index (χ3v) is 4.49. The molecule has 0 atom stereocenters. The Morgan fingerprint density at radius 2 is 1.89 bits per heavy atom. The summed E-state index contributed by atoms with van der Waals surface area (Å²) in [5.41, 5.74) is 9.02. The lowest BCUT2D eigenvalue weighted by molar-refractivity contribution is 0.469. The second-order valence-electron chi connectivity index (χ2n) is 5.96. The van der Waals surface area contributed by atoms with E-state index >= 15 is 0 Å². The van der Waals surface area contributed by atoms with E-state index in [1.807, 2.05) is 55.5 Å². The first kappa shape index (κ1) is 17.1. The zero-order chi connectivity index (χ0) is 18.8. The highest BCUT2D eigenvalue weighted by molar-refractivity contribution is 6.31. The lowest BCUT2D eigenvalue weighted by Gasteiger charge is -2.13. The first-order valence-electron chi connectivity index (χ1n) is 8.27. The van der Waals surface area contributed by atoms with Crippen LogP contribution < -0.4 is 15.8 Å². The first-order valence-corrected chi connectivity index (χ1v) is 8.65. The molecule has 0 saturated carbocycles. The standard InChI is InChI=1S/C20H16ClN5O/c1-12-7-8-14(10-15(12)21)26-19-17(22)20(25-11-24-19)27-16-6-2-4-13-5-3-9-23-18(13)16/h2-11H,22H2,1H3,(H,24,25,26). The number of pyridine rings is 1. The van der Waals surface area contributed by atoms with Crippen molar-refractivity contribution >= 4 is 39.7 Å². The third kappa shape index (κ3) is 3.47. The fraction of sp³-hybridized carbons (Fsp3) is 0.0500. The van der Waals surface area contributed by atoms with Crippen molar-refractivity contribution in [1.82, 2.24) is 15.0 Å². The molecule has 0 amide bonds. The highest BCUT2D eigenvalue weighted by atomic mass is 35.5. The van der Waals surface area contributed by atoms with Crippen molar-refractivity contribution in [1.29, 1.82) is 0 Å². The summed E-state index contributed by atoms with van der Waals surface area (Å²) in [5.74, 6) is 1.26. The maximum atomic E-state index is 6.23. The van der Waals surface area contributed by atoms with Crippen molar-refractivity contribution < 1.29 is 4.74 Å². The summed E-state index contributed by atoms with van der Waals surface area (Å²) in [6.45, 7) is 1.94. The molecule has 3 N–H and O–H groups in total. The molecule has 0 spiro atoms. The molecular formula is C20H16ClN5O. The van der Waals surface area contributed by atoms with Crippen LogP contribution in [-0.4, -0.2) is 15.0 Å². The number of fused-ring (bicyclic) bond motifs is 1. The minimum atomic E-state index is 0.254. The molecular weight excluding hydrogens is 362 g/mol. The summed E-state index contributed by atoms with van der Waals surface area (Å²) in [5, 5.41) is 4.77. The Hall–Kier alpha value is -3.38. The molecule has 0 fully saturated rings. The SMILES string of the molecule is Cc1ccc(Nc2ncnc(Oc3cccc4cccnc34)c2N)cc1Cl. The van der Waals surface area contributed by atoms with E-state index < -0.39 is 0 Å². The molecule has 2 aromatic carbocycles. The smallest absolute Gasteiger partial charge is 0.248 e. The Morgan fingerprint density at radius 3 is 2.74 bits per heavy atom. The number of nitrogen functional groups attached to an aromatic ring is 1. The van der Waals surface area contributed by atoms with Gasteiger partial charge >= 0.3 is 0 Å². The molecule has 2 heterocycles. The minimum absolute atomic E-state index is 0.254. The molecule has 0 bridgehead atoms. The van der Waals surface area contributed by atoms with E-state index in [2.05, 4.69) is 20.3 Å². The van der Waals surface area contributed by atoms with Crippen LogP contribution in [0.3, 0.4) is 0 Å². The van der Waals surface area contributed by atoms with Gasteiger partial charge in [-0.15, -0.1) is 0 Å². The molecule has 0 aliphatic heterocycles. The number of hydrogen-bond donors (Lipinski definition) is 2. The highest BCUT2D eigenvalue weighted by Gasteiger charge is 2.13. The maximum absolute atomic E-state index is 6.23. The van der Waals surface area contributed by atoms with Crippen molar-refractivity contribution in [2.45, 2.75) is 6.92 Å².